The molecule has 0 unspecified atom stereocenters. The maximum absolute atomic E-state index is 5.63. The molecule has 0 bridgehead atoms. The Morgan fingerprint density at radius 2 is 1.83 bits per heavy atom. The minimum Gasteiger partial charge on any atom is -0.376 e. The number of ether oxygens (including phenoxy) is 1. The maximum atomic E-state index is 5.63. The topological polar surface area (TPSA) is 9.23 Å². The molecule has 0 heterocycles. The molecule has 0 radical (unpaired) electrons. The van der Waals surface area contributed by atoms with E-state index in [1.165, 1.54) is 49.7 Å². The third-order valence-corrected chi connectivity index (χ3v) is 5.01. The van der Waals surface area contributed by atoms with E-state index in [-0.39, 0.29) is 0 Å². The molecule has 1 nitrogen and oxygen atoms in total. The molecule has 23 heavy (non-hydrogen) atoms. The van der Waals surface area contributed by atoms with Crippen molar-refractivity contribution in [2.45, 2.75) is 64.4 Å². The van der Waals surface area contributed by atoms with Crippen molar-refractivity contribution >= 4 is 0 Å². The summed E-state index contributed by atoms with van der Waals surface area (Å²) in [6.07, 6.45) is 15.4. The number of benzene rings is 1. The summed E-state index contributed by atoms with van der Waals surface area (Å²) in [5.74, 6) is 1.71. The monoisotopic (exact) mass is 312 g/mol. The van der Waals surface area contributed by atoms with E-state index in [2.05, 4.69) is 49.9 Å². The van der Waals surface area contributed by atoms with E-state index in [0.717, 1.165) is 24.9 Å². The summed E-state index contributed by atoms with van der Waals surface area (Å²) in [4.78, 5) is 0. The SMILES string of the molecule is C=CCCOCc1ccc(C2CCC(CC/C=C/C)CC2)cc1. The molecule has 0 saturated heterocycles. The zero-order valence-corrected chi connectivity index (χ0v) is 14.7. The van der Waals surface area contributed by atoms with Crippen molar-refractivity contribution in [2.24, 2.45) is 5.92 Å². The van der Waals surface area contributed by atoms with Crippen LogP contribution in [-0.2, 0) is 11.3 Å². The van der Waals surface area contributed by atoms with Crippen molar-refractivity contribution < 1.29 is 4.74 Å². The number of hydrogen-bond acceptors (Lipinski definition) is 1. The lowest BCUT2D eigenvalue weighted by molar-refractivity contribution is 0.125. The molecule has 0 atom stereocenters. The Labute approximate surface area is 142 Å². The number of allylic oxidation sites excluding steroid dienone is 2. The molecule has 1 aliphatic rings. The molecule has 1 fully saturated rings. The Hall–Kier alpha value is -1.34. The van der Waals surface area contributed by atoms with Crippen molar-refractivity contribution in [3.05, 3.63) is 60.2 Å². The van der Waals surface area contributed by atoms with Gasteiger partial charge >= 0.3 is 0 Å². The average molecular weight is 312 g/mol. The molecule has 1 aromatic rings. The molecule has 1 heteroatoms. The van der Waals surface area contributed by atoms with Gasteiger partial charge < -0.3 is 4.74 Å². The third kappa shape index (κ3) is 6.35. The second kappa shape index (κ2) is 10.4. The highest BCUT2D eigenvalue weighted by molar-refractivity contribution is 5.25. The Balaban J connectivity index is 1.74. The molecular weight excluding hydrogens is 280 g/mol. The van der Waals surface area contributed by atoms with E-state index in [0.29, 0.717) is 6.61 Å². The van der Waals surface area contributed by atoms with Crippen LogP contribution in [0.1, 0.15) is 68.9 Å². The minimum absolute atomic E-state index is 0.714. The Bertz CT molecular complexity index is 463. The average Bonchev–Trinajstić information content (AvgIpc) is 2.60. The zero-order chi connectivity index (χ0) is 16.3. The highest BCUT2D eigenvalue weighted by Gasteiger charge is 2.21. The predicted molar refractivity (Wildman–Crippen MR) is 99.7 cm³/mol. The Morgan fingerprint density at radius 1 is 1.09 bits per heavy atom. The second-order valence-electron chi connectivity index (χ2n) is 6.74. The van der Waals surface area contributed by atoms with Crippen LogP contribution >= 0.6 is 0 Å². The van der Waals surface area contributed by atoms with Gasteiger partial charge in [-0.05, 0) is 74.8 Å². The van der Waals surface area contributed by atoms with Gasteiger partial charge in [-0.3, -0.25) is 0 Å². The predicted octanol–water partition coefficient (Wildman–Crippen LogP) is 6.41. The van der Waals surface area contributed by atoms with Gasteiger partial charge in [0.15, 0.2) is 0 Å². The van der Waals surface area contributed by atoms with Crippen LogP contribution in [0.4, 0.5) is 0 Å². The van der Waals surface area contributed by atoms with Crippen molar-refractivity contribution in [3.63, 3.8) is 0 Å². The summed E-state index contributed by atoms with van der Waals surface area (Å²) in [6.45, 7) is 7.31. The molecule has 0 spiro atoms. The van der Waals surface area contributed by atoms with E-state index in [1.54, 1.807) is 0 Å². The molecule has 1 aromatic carbocycles. The van der Waals surface area contributed by atoms with Gasteiger partial charge in [-0.25, -0.2) is 0 Å². The van der Waals surface area contributed by atoms with Crippen molar-refractivity contribution in [1.82, 2.24) is 0 Å². The molecule has 2 rings (SSSR count). The fraction of sp³-hybridized carbons (Fsp3) is 0.545. The first-order valence-electron chi connectivity index (χ1n) is 9.22. The lowest BCUT2D eigenvalue weighted by Crippen LogP contribution is -2.13. The first kappa shape index (κ1) is 18.0. The van der Waals surface area contributed by atoms with E-state index in [9.17, 15) is 0 Å². The van der Waals surface area contributed by atoms with Gasteiger partial charge in [0.1, 0.15) is 0 Å². The van der Waals surface area contributed by atoms with E-state index >= 15 is 0 Å². The van der Waals surface area contributed by atoms with Gasteiger partial charge in [-0.1, -0.05) is 42.5 Å². The van der Waals surface area contributed by atoms with Crippen LogP contribution in [-0.4, -0.2) is 6.61 Å². The highest BCUT2D eigenvalue weighted by Crippen LogP contribution is 2.37. The van der Waals surface area contributed by atoms with Gasteiger partial charge in [0.2, 0.25) is 0 Å². The van der Waals surface area contributed by atoms with Gasteiger partial charge in [-0.15, -0.1) is 6.58 Å². The summed E-state index contributed by atoms with van der Waals surface area (Å²) in [5.41, 5.74) is 2.80. The second-order valence-corrected chi connectivity index (χ2v) is 6.74. The molecule has 0 aromatic heterocycles. The van der Waals surface area contributed by atoms with Crippen LogP contribution in [0.15, 0.2) is 49.1 Å². The van der Waals surface area contributed by atoms with Crippen LogP contribution in [0.25, 0.3) is 0 Å². The smallest absolute Gasteiger partial charge is 0.0717 e. The number of rotatable bonds is 9. The highest BCUT2D eigenvalue weighted by atomic mass is 16.5. The lowest BCUT2D eigenvalue weighted by atomic mass is 9.77. The summed E-state index contributed by atoms with van der Waals surface area (Å²) < 4.78 is 5.63. The molecule has 0 N–H and O–H groups in total. The first-order chi connectivity index (χ1) is 11.3. The van der Waals surface area contributed by atoms with Crippen molar-refractivity contribution in [1.29, 1.82) is 0 Å². The van der Waals surface area contributed by atoms with Crippen molar-refractivity contribution in [3.8, 4) is 0 Å². The van der Waals surface area contributed by atoms with E-state index < -0.39 is 0 Å². The summed E-state index contributed by atoms with van der Waals surface area (Å²) in [5, 5.41) is 0. The van der Waals surface area contributed by atoms with Gasteiger partial charge in [-0.2, -0.15) is 0 Å². The van der Waals surface area contributed by atoms with Crippen LogP contribution in [0.2, 0.25) is 0 Å². The third-order valence-electron chi connectivity index (χ3n) is 5.01. The van der Waals surface area contributed by atoms with Crippen LogP contribution in [0.5, 0.6) is 0 Å². The van der Waals surface area contributed by atoms with Crippen LogP contribution in [0, 0.1) is 5.92 Å². The molecule has 1 saturated carbocycles. The lowest BCUT2D eigenvalue weighted by Gasteiger charge is -2.28. The van der Waals surface area contributed by atoms with Crippen LogP contribution < -0.4 is 0 Å². The Kier molecular flexibility index (Phi) is 8.17. The van der Waals surface area contributed by atoms with Gasteiger partial charge in [0.05, 0.1) is 13.2 Å². The van der Waals surface area contributed by atoms with Crippen LogP contribution in [0.3, 0.4) is 0 Å². The van der Waals surface area contributed by atoms with Gasteiger partial charge in [0.25, 0.3) is 0 Å². The van der Waals surface area contributed by atoms with Gasteiger partial charge in [0, 0.05) is 0 Å². The number of hydrogen-bond donors (Lipinski definition) is 0. The normalized spacial score (nSPS) is 21.6. The molecule has 1 aliphatic carbocycles. The summed E-state index contributed by atoms with van der Waals surface area (Å²) in [7, 11) is 0. The van der Waals surface area contributed by atoms with E-state index in [1.807, 2.05) is 6.08 Å². The molecule has 126 valence electrons. The standard InChI is InChI=1S/C22H32O/c1-3-5-7-8-19-9-13-21(14-10-19)22-15-11-20(12-16-22)18-23-17-6-4-2/h3-5,11-12,15-16,19,21H,2,6-10,13-14,17-18H2,1H3/b5-3+. The zero-order valence-electron chi connectivity index (χ0n) is 14.7. The first-order valence-corrected chi connectivity index (χ1v) is 9.22. The minimum atomic E-state index is 0.714. The summed E-state index contributed by atoms with van der Waals surface area (Å²) in [6, 6.07) is 9.11. The maximum Gasteiger partial charge on any atom is 0.0717 e. The van der Waals surface area contributed by atoms with E-state index in [4.69, 9.17) is 4.74 Å². The summed E-state index contributed by atoms with van der Waals surface area (Å²) >= 11 is 0. The molecular formula is C22H32O. The fourth-order valence-corrected chi connectivity index (χ4v) is 3.53. The fourth-order valence-electron chi connectivity index (χ4n) is 3.53. The quantitative estimate of drug-likeness (QED) is 0.378. The largest absolute Gasteiger partial charge is 0.376 e. The molecule has 0 aliphatic heterocycles. The van der Waals surface area contributed by atoms with Crippen molar-refractivity contribution in [2.75, 3.05) is 6.61 Å². The molecule has 0 amide bonds. The Morgan fingerprint density at radius 3 is 2.48 bits per heavy atom.